The quantitative estimate of drug-likeness (QED) is 0.809. The van der Waals surface area contributed by atoms with E-state index in [2.05, 4.69) is 10.3 Å². The average molecular weight is 302 g/mol. The van der Waals surface area contributed by atoms with E-state index in [1.54, 1.807) is 0 Å². The summed E-state index contributed by atoms with van der Waals surface area (Å²) in [5.41, 5.74) is 5.66. The first kappa shape index (κ1) is 14.5. The van der Waals surface area contributed by atoms with Crippen LogP contribution in [0.1, 0.15) is 11.1 Å². The lowest BCUT2D eigenvalue weighted by Crippen LogP contribution is -2.08. The topological polar surface area (TPSA) is 50.9 Å². The Labute approximate surface area is 118 Å². The maximum Gasteiger partial charge on any atom is 0.416 e. The molecule has 20 heavy (non-hydrogen) atoms. The third-order valence-electron chi connectivity index (χ3n) is 2.70. The van der Waals surface area contributed by atoms with Gasteiger partial charge in [0.2, 0.25) is 0 Å². The molecule has 0 aliphatic heterocycles. The Hall–Kier alpha value is -1.95. The number of rotatable bonds is 2. The zero-order valence-corrected chi connectivity index (χ0v) is 11.2. The van der Waals surface area contributed by atoms with Crippen molar-refractivity contribution in [3.8, 4) is 0 Å². The second kappa shape index (κ2) is 5.20. The number of alkyl halides is 3. The number of anilines is 3. The number of hydrogen-bond donors (Lipinski definition) is 2. The molecule has 0 aliphatic rings. The van der Waals surface area contributed by atoms with Gasteiger partial charge in [0.05, 0.1) is 11.3 Å². The van der Waals surface area contributed by atoms with Gasteiger partial charge in [-0.25, -0.2) is 4.98 Å². The van der Waals surface area contributed by atoms with E-state index in [4.69, 9.17) is 17.3 Å². The summed E-state index contributed by atoms with van der Waals surface area (Å²) < 4.78 is 38.5. The van der Waals surface area contributed by atoms with Crippen molar-refractivity contribution >= 4 is 28.8 Å². The maximum absolute atomic E-state index is 12.8. The monoisotopic (exact) mass is 301 g/mol. The molecule has 0 unspecified atom stereocenters. The molecule has 0 fully saturated rings. The van der Waals surface area contributed by atoms with Crippen LogP contribution in [0.5, 0.6) is 0 Å². The van der Waals surface area contributed by atoms with Crippen molar-refractivity contribution in [2.75, 3.05) is 11.1 Å². The van der Waals surface area contributed by atoms with Gasteiger partial charge in [-0.2, -0.15) is 13.2 Å². The zero-order chi connectivity index (χ0) is 14.9. The molecule has 1 aromatic carbocycles. The molecule has 1 heterocycles. The Balaban J connectivity index is 2.37. The Bertz CT molecular complexity index is 641. The number of benzene rings is 1. The van der Waals surface area contributed by atoms with E-state index >= 15 is 0 Å². The van der Waals surface area contributed by atoms with Crippen molar-refractivity contribution in [1.82, 2.24) is 4.98 Å². The molecule has 0 saturated carbocycles. The van der Waals surface area contributed by atoms with Crippen LogP contribution in [-0.4, -0.2) is 4.98 Å². The average Bonchev–Trinajstić information content (AvgIpc) is 2.35. The van der Waals surface area contributed by atoms with E-state index in [-0.39, 0.29) is 22.2 Å². The fourth-order valence-electron chi connectivity index (χ4n) is 1.69. The highest BCUT2D eigenvalue weighted by molar-refractivity contribution is 6.29. The van der Waals surface area contributed by atoms with Gasteiger partial charge in [0.15, 0.2) is 5.82 Å². The Morgan fingerprint density at radius 3 is 2.55 bits per heavy atom. The van der Waals surface area contributed by atoms with Crippen LogP contribution < -0.4 is 11.1 Å². The minimum atomic E-state index is -4.41. The standard InChI is InChI=1S/C13H11ClF3N3/c1-7-2-3-8(6-9(7)13(15,16)17)19-12-10(18)4-5-11(14)20-12/h2-6H,18H2,1H3,(H,19,20). The van der Waals surface area contributed by atoms with E-state index in [0.717, 1.165) is 6.07 Å². The number of nitrogens with zero attached hydrogens (tertiary/aromatic N) is 1. The SMILES string of the molecule is Cc1ccc(Nc2nc(Cl)ccc2N)cc1C(F)(F)F. The van der Waals surface area contributed by atoms with Gasteiger partial charge >= 0.3 is 6.18 Å². The minimum absolute atomic E-state index is 0.148. The van der Waals surface area contributed by atoms with E-state index in [1.165, 1.54) is 31.2 Å². The number of pyridine rings is 1. The number of aromatic nitrogens is 1. The molecule has 3 N–H and O–H groups in total. The van der Waals surface area contributed by atoms with E-state index in [1.807, 2.05) is 0 Å². The third kappa shape index (κ3) is 3.14. The second-order valence-electron chi connectivity index (χ2n) is 4.22. The molecule has 0 atom stereocenters. The largest absolute Gasteiger partial charge is 0.416 e. The van der Waals surface area contributed by atoms with Crippen LogP contribution in [0.4, 0.5) is 30.4 Å². The number of halogens is 4. The van der Waals surface area contributed by atoms with Gasteiger partial charge in [-0.05, 0) is 36.8 Å². The minimum Gasteiger partial charge on any atom is -0.396 e. The number of nitrogens with one attached hydrogen (secondary N) is 1. The van der Waals surface area contributed by atoms with E-state index < -0.39 is 11.7 Å². The summed E-state index contributed by atoms with van der Waals surface area (Å²) in [6, 6.07) is 6.94. The molecule has 0 amide bonds. The van der Waals surface area contributed by atoms with Gasteiger partial charge in [-0.15, -0.1) is 0 Å². The van der Waals surface area contributed by atoms with Crippen molar-refractivity contribution in [2.24, 2.45) is 0 Å². The van der Waals surface area contributed by atoms with Crippen LogP contribution in [-0.2, 0) is 6.18 Å². The van der Waals surface area contributed by atoms with Gasteiger partial charge in [-0.1, -0.05) is 17.7 Å². The van der Waals surface area contributed by atoms with Crippen LogP contribution in [0.25, 0.3) is 0 Å². The van der Waals surface area contributed by atoms with E-state index in [9.17, 15) is 13.2 Å². The van der Waals surface area contributed by atoms with Crippen molar-refractivity contribution in [1.29, 1.82) is 0 Å². The van der Waals surface area contributed by atoms with Gasteiger partial charge in [0.25, 0.3) is 0 Å². The molecular weight excluding hydrogens is 291 g/mol. The van der Waals surface area contributed by atoms with Crippen molar-refractivity contribution < 1.29 is 13.2 Å². The summed E-state index contributed by atoms with van der Waals surface area (Å²) in [4.78, 5) is 3.93. The second-order valence-corrected chi connectivity index (χ2v) is 4.61. The van der Waals surface area contributed by atoms with Crippen molar-refractivity contribution in [3.05, 3.63) is 46.6 Å². The first-order valence-electron chi connectivity index (χ1n) is 5.64. The van der Waals surface area contributed by atoms with Gasteiger partial charge in [0.1, 0.15) is 5.15 Å². The van der Waals surface area contributed by atoms with Crippen LogP contribution >= 0.6 is 11.6 Å². The van der Waals surface area contributed by atoms with Crippen LogP contribution in [0.15, 0.2) is 30.3 Å². The predicted molar refractivity (Wildman–Crippen MR) is 73.1 cm³/mol. The molecule has 0 bridgehead atoms. The van der Waals surface area contributed by atoms with Crippen LogP contribution in [0, 0.1) is 6.92 Å². The molecule has 1 aromatic heterocycles. The van der Waals surface area contributed by atoms with Crippen LogP contribution in [0.3, 0.4) is 0 Å². The number of nitrogen functional groups attached to an aromatic ring is 1. The molecular formula is C13H11ClF3N3. The Morgan fingerprint density at radius 2 is 1.90 bits per heavy atom. The fraction of sp³-hybridized carbons (Fsp3) is 0.154. The molecule has 0 spiro atoms. The number of nitrogens with two attached hydrogens (primary N) is 1. The summed E-state index contributed by atoms with van der Waals surface area (Å²) in [6.45, 7) is 1.40. The van der Waals surface area contributed by atoms with Gasteiger partial charge in [-0.3, -0.25) is 0 Å². The summed E-state index contributed by atoms with van der Waals surface area (Å²) in [5.74, 6) is 0.217. The summed E-state index contributed by atoms with van der Waals surface area (Å²) in [5, 5.41) is 2.93. The number of hydrogen-bond acceptors (Lipinski definition) is 3. The highest BCUT2D eigenvalue weighted by atomic mass is 35.5. The highest BCUT2D eigenvalue weighted by Crippen LogP contribution is 2.34. The van der Waals surface area contributed by atoms with Crippen molar-refractivity contribution in [3.63, 3.8) is 0 Å². The fourth-order valence-corrected chi connectivity index (χ4v) is 1.84. The molecule has 0 radical (unpaired) electrons. The molecule has 2 rings (SSSR count). The summed E-state index contributed by atoms with van der Waals surface area (Å²) in [6.07, 6.45) is -4.41. The highest BCUT2D eigenvalue weighted by Gasteiger charge is 2.32. The molecule has 2 aromatic rings. The summed E-state index contributed by atoms with van der Waals surface area (Å²) >= 11 is 5.73. The smallest absolute Gasteiger partial charge is 0.396 e. The molecule has 0 aliphatic carbocycles. The molecule has 7 heteroatoms. The Kier molecular flexibility index (Phi) is 3.76. The molecule has 0 saturated heterocycles. The third-order valence-corrected chi connectivity index (χ3v) is 2.91. The predicted octanol–water partition coefficient (Wildman–Crippen LogP) is 4.39. The lowest BCUT2D eigenvalue weighted by atomic mass is 10.1. The molecule has 3 nitrogen and oxygen atoms in total. The lowest BCUT2D eigenvalue weighted by Gasteiger charge is -2.14. The van der Waals surface area contributed by atoms with Crippen LogP contribution in [0.2, 0.25) is 5.15 Å². The number of aryl methyl sites for hydroxylation is 1. The van der Waals surface area contributed by atoms with Gasteiger partial charge in [0, 0.05) is 5.69 Å². The summed E-state index contributed by atoms with van der Waals surface area (Å²) in [7, 11) is 0. The maximum atomic E-state index is 12.8. The van der Waals surface area contributed by atoms with Crippen molar-refractivity contribution in [2.45, 2.75) is 13.1 Å². The Morgan fingerprint density at radius 1 is 1.20 bits per heavy atom. The van der Waals surface area contributed by atoms with E-state index in [0.29, 0.717) is 5.69 Å². The first-order valence-corrected chi connectivity index (χ1v) is 6.02. The first-order chi connectivity index (χ1) is 9.27. The molecule has 106 valence electrons. The lowest BCUT2D eigenvalue weighted by molar-refractivity contribution is -0.138. The van der Waals surface area contributed by atoms with Gasteiger partial charge < -0.3 is 11.1 Å². The zero-order valence-electron chi connectivity index (χ0n) is 10.4. The normalized spacial score (nSPS) is 11.4.